The minimum absolute atomic E-state index is 0.559. The van der Waals surface area contributed by atoms with Gasteiger partial charge in [0.2, 0.25) is 0 Å². The van der Waals surface area contributed by atoms with E-state index >= 15 is 0 Å². The van der Waals surface area contributed by atoms with Crippen molar-refractivity contribution < 1.29 is 9.15 Å². The van der Waals surface area contributed by atoms with Crippen LogP contribution in [0.2, 0.25) is 0 Å². The van der Waals surface area contributed by atoms with Crippen molar-refractivity contribution in [2.75, 3.05) is 7.11 Å². The van der Waals surface area contributed by atoms with Crippen LogP contribution in [0.15, 0.2) is 16.5 Å². The van der Waals surface area contributed by atoms with Crippen LogP contribution < -0.4 is 5.32 Å². The predicted octanol–water partition coefficient (Wildman–Crippen LogP) is 1.68. The van der Waals surface area contributed by atoms with Crippen LogP contribution in [-0.2, 0) is 17.9 Å². The lowest BCUT2D eigenvalue weighted by molar-refractivity contribution is 0.162. The Hall–Kier alpha value is -0.800. The summed E-state index contributed by atoms with van der Waals surface area (Å²) in [6, 6.07) is 4.70. The molecule has 1 aromatic heterocycles. The molecule has 0 radical (unpaired) electrons. The smallest absolute Gasteiger partial charge is 0.129 e. The molecule has 1 N–H and O–H groups in total. The Balaban J connectivity index is 1.81. The Bertz CT molecular complexity index is 266. The van der Waals surface area contributed by atoms with Crippen molar-refractivity contribution in [1.29, 1.82) is 0 Å². The first-order valence-electron chi connectivity index (χ1n) is 4.68. The van der Waals surface area contributed by atoms with Gasteiger partial charge in [0.25, 0.3) is 0 Å². The van der Waals surface area contributed by atoms with Crippen molar-refractivity contribution in [2.24, 2.45) is 0 Å². The minimum atomic E-state index is 0.559. The van der Waals surface area contributed by atoms with Gasteiger partial charge >= 0.3 is 0 Å². The molecule has 1 aromatic rings. The number of rotatable bonds is 5. The third-order valence-corrected chi connectivity index (χ3v) is 2.15. The zero-order valence-corrected chi connectivity index (χ0v) is 7.88. The van der Waals surface area contributed by atoms with Gasteiger partial charge in [-0.05, 0) is 25.0 Å². The van der Waals surface area contributed by atoms with Gasteiger partial charge in [-0.3, -0.25) is 0 Å². The highest BCUT2D eigenvalue weighted by Crippen LogP contribution is 2.19. The highest BCUT2D eigenvalue weighted by molar-refractivity contribution is 5.06. The van der Waals surface area contributed by atoms with E-state index in [9.17, 15) is 0 Å². The normalized spacial score (nSPS) is 16.4. The Labute approximate surface area is 78.1 Å². The van der Waals surface area contributed by atoms with Crippen LogP contribution in [0.5, 0.6) is 0 Å². The quantitative estimate of drug-likeness (QED) is 0.750. The highest BCUT2D eigenvalue weighted by atomic mass is 16.5. The molecule has 3 nitrogen and oxygen atoms in total. The average molecular weight is 181 g/mol. The lowest BCUT2D eigenvalue weighted by Gasteiger charge is -1.98. The molecule has 3 heteroatoms. The maximum atomic E-state index is 5.51. The first kappa shape index (κ1) is 8.78. The molecule has 1 saturated carbocycles. The Morgan fingerprint density at radius 3 is 2.92 bits per heavy atom. The van der Waals surface area contributed by atoms with Gasteiger partial charge in [-0.15, -0.1) is 0 Å². The molecule has 0 saturated heterocycles. The topological polar surface area (TPSA) is 34.4 Å². The molecule has 0 atom stereocenters. The fourth-order valence-electron chi connectivity index (χ4n) is 1.27. The fraction of sp³-hybridized carbons (Fsp3) is 0.600. The van der Waals surface area contributed by atoms with Gasteiger partial charge in [-0.2, -0.15) is 0 Å². The van der Waals surface area contributed by atoms with E-state index in [0.717, 1.165) is 24.1 Å². The summed E-state index contributed by atoms with van der Waals surface area (Å²) in [5, 5.41) is 3.39. The number of furan rings is 1. The molecular weight excluding hydrogens is 166 g/mol. The molecule has 0 aliphatic heterocycles. The van der Waals surface area contributed by atoms with Gasteiger partial charge in [-0.25, -0.2) is 0 Å². The molecule has 2 rings (SSSR count). The largest absolute Gasteiger partial charge is 0.462 e. The molecular formula is C10H15NO2. The summed E-state index contributed by atoms with van der Waals surface area (Å²) in [6.45, 7) is 1.40. The van der Waals surface area contributed by atoms with Gasteiger partial charge in [0.05, 0.1) is 6.54 Å². The first-order valence-corrected chi connectivity index (χ1v) is 4.68. The van der Waals surface area contributed by atoms with Crippen molar-refractivity contribution in [1.82, 2.24) is 5.32 Å². The van der Waals surface area contributed by atoms with Gasteiger partial charge in [-0.1, -0.05) is 0 Å². The zero-order chi connectivity index (χ0) is 9.10. The van der Waals surface area contributed by atoms with E-state index in [2.05, 4.69) is 5.32 Å². The summed E-state index contributed by atoms with van der Waals surface area (Å²) in [5.41, 5.74) is 0. The molecule has 1 fully saturated rings. The fourth-order valence-corrected chi connectivity index (χ4v) is 1.27. The van der Waals surface area contributed by atoms with Crippen LogP contribution in [0, 0.1) is 0 Å². The van der Waals surface area contributed by atoms with Crippen molar-refractivity contribution in [2.45, 2.75) is 32.0 Å². The van der Waals surface area contributed by atoms with Gasteiger partial charge < -0.3 is 14.5 Å². The Morgan fingerprint density at radius 2 is 2.23 bits per heavy atom. The summed E-state index contributed by atoms with van der Waals surface area (Å²) in [7, 11) is 1.67. The Morgan fingerprint density at radius 1 is 1.46 bits per heavy atom. The van der Waals surface area contributed by atoms with E-state index in [4.69, 9.17) is 9.15 Å². The third-order valence-electron chi connectivity index (χ3n) is 2.15. The van der Waals surface area contributed by atoms with Crippen molar-refractivity contribution >= 4 is 0 Å². The van der Waals surface area contributed by atoms with Crippen LogP contribution in [-0.4, -0.2) is 13.2 Å². The molecule has 1 aliphatic rings. The SMILES string of the molecule is COCc1ccc(CNC2CC2)o1. The van der Waals surface area contributed by atoms with E-state index < -0.39 is 0 Å². The van der Waals surface area contributed by atoms with Crippen molar-refractivity contribution in [3.8, 4) is 0 Å². The van der Waals surface area contributed by atoms with Gasteiger partial charge in [0.1, 0.15) is 18.1 Å². The Kier molecular flexibility index (Phi) is 2.66. The molecule has 0 bridgehead atoms. The van der Waals surface area contributed by atoms with Crippen molar-refractivity contribution in [3.63, 3.8) is 0 Å². The third kappa shape index (κ3) is 2.57. The van der Waals surface area contributed by atoms with E-state index in [1.54, 1.807) is 7.11 Å². The average Bonchev–Trinajstić information content (AvgIpc) is 2.85. The van der Waals surface area contributed by atoms with Gasteiger partial charge in [0.15, 0.2) is 0 Å². The molecule has 0 aromatic carbocycles. The van der Waals surface area contributed by atoms with Crippen LogP contribution in [0.3, 0.4) is 0 Å². The summed E-state index contributed by atoms with van der Waals surface area (Å²) >= 11 is 0. The zero-order valence-electron chi connectivity index (χ0n) is 7.88. The summed E-state index contributed by atoms with van der Waals surface area (Å²) < 4.78 is 10.5. The molecule has 0 amide bonds. The summed E-state index contributed by atoms with van der Waals surface area (Å²) in [4.78, 5) is 0. The summed E-state index contributed by atoms with van der Waals surface area (Å²) in [5.74, 6) is 1.90. The van der Waals surface area contributed by atoms with E-state index in [1.807, 2.05) is 12.1 Å². The molecule has 13 heavy (non-hydrogen) atoms. The van der Waals surface area contributed by atoms with Gasteiger partial charge in [0, 0.05) is 13.2 Å². The second-order valence-corrected chi connectivity index (χ2v) is 3.46. The van der Waals surface area contributed by atoms with E-state index in [0.29, 0.717) is 6.61 Å². The molecule has 0 spiro atoms. The number of hydrogen-bond donors (Lipinski definition) is 1. The maximum absolute atomic E-state index is 5.51. The number of nitrogens with one attached hydrogen (secondary N) is 1. The lowest BCUT2D eigenvalue weighted by atomic mass is 10.4. The molecule has 0 unspecified atom stereocenters. The predicted molar refractivity (Wildman–Crippen MR) is 49.3 cm³/mol. The minimum Gasteiger partial charge on any atom is -0.462 e. The number of hydrogen-bond acceptors (Lipinski definition) is 3. The van der Waals surface area contributed by atoms with Crippen LogP contribution in [0.4, 0.5) is 0 Å². The number of ether oxygens (including phenoxy) is 1. The van der Waals surface area contributed by atoms with Crippen LogP contribution >= 0.6 is 0 Å². The molecule has 1 heterocycles. The van der Waals surface area contributed by atoms with E-state index in [-0.39, 0.29) is 0 Å². The highest BCUT2D eigenvalue weighted by Gasteiger charge is 2.20. The van der Waals surface area contributed by atoms with Crippen LogP contribution in [0.1, 0.15) is 24.4 Å². The second kappa shape index (κ2) is 3.94. The first-order chi connectivity index (χ1) is 6.38. The standard InChI is InChI=1S/C10H15NO2/c1-12-7-10-5-4-9(13-10)6-11-8-2-3-8/h4-5,8,11H,2-3,6-7H2,1H3. The van der Waals surface area contributed by atoms with Crippen LogP contribution in [0.25, 0.3) is 0 Å². The van der Waals surface area contributed by atoms with Crippen molar-refractivity contribution in [3.05, 3.63) is 23.7 Å². The molecule has 72 valence electrons. The maximum Gasteiger partial charge on any atom is 0.129 e. The molecule has 1 aliphatic carbocycles. The summed E-state index contributed by atoms with van der Waals surface area (Å²) in [6.07, 6.45) is 2.62. The van der Waals surface area contributed by atoms with E-state index in [1.165, 1.54) is 12.8 Å². The monoisotopic (exact) mass is 181 g/mol. The number of methoxy groups -OCH3 is 1. The second-order valence-electron chi connectivity index (χ2n) is 3.46. The lowest BCUT2D eigenvalue weighted by Crippen LogP contribution is -2.14.